The van der Waals surface area contributed by atoms with Gasteiger partial charge in [0.1, 0.15) is 25.9 Å². The van der Waals surface area contributed by atoms with Crippen molar-refractivity contribution < 1.29 is 10.2 Å². The van der Waals surface area contributed by atoms with Crippen LogP contribution in [0, 0.1) is 0 Å². The number of aliphatic hydroxyl groups is 2. The predicted molar refractivity (Wildman–Crippen MR) is 66.6 cm³/mol. The van der Waals surface area contributed by atoms with Crippen LogP contribution in [0.5, 0.6) is 0 Å². The molecule has 1 heterocycles. The average Bonchev–Trinajstić information content (AvgIpc) is 2.39. The van der Waals surface area contributed by atoms with Gasteiger partial charge in [-0.2, -0.15) is 0 Å². The highest BCUT2D eigenvalue weighted by molar-refractivity contribution is 5.79. The fourth-order valence-corrected chi connectivity index (χ4v) is 1.94. The Morgan fingerprint density at radius 1 is 1.17 bits per heavy atom. The van der Waals surface area contributed by atoms with Gasteiger partial charge in [-0.15, -0.1) is 0 Å². The van der Waals surface area contributed by atoms with E-state index in [1.165, 1.54) is 9.80 Å². The highest BCUT2D eigenvalue weighted by Gasteiger charge is 2.34. The molecule has 1 aromatic carbocycles. The monoisotopic (exact) mass is 251 g/mol. The van der Waals surface area contributed by atoms with Crippen LogP contribution in [0.4, 0.5) is 0 Å². The summed E-state index contributed by atoms with van der Waals surface area (Å²) in [6.07, 6.45) is -1.17. The van der Waals surface area contributed by atoms with Gasteiger partial charge < -0.3 is 15.9 Å². The molecule has 1 aliphatic rings. The third-order valence-corrected chi connectivity index (χ3v) is 2.94. The summed E-state index contributed by atoms with van der Waals surface area (Å²) in [5, 5.41) is 18.6. The number of hydrogen-bond donors (Lipinski definition) is 4. The topological polar surface area (TPSA) is 111 Å². The van der Waals surface area contributed by atoms with Crippen molar-refractivity contribution in [2.45, 2.75) is 12.5 Å². The number of aliphatic hydroxyl groups excluding tert-OH is 2. The van der Waals surface area contributed by atoms with E-state index in [0.29, 0.717) is 0 Å². The van der Waals surface area contributed by atoms with Gasteiger partial charge in [-0.3, -0.25) is 10.6 Å². The minimum absolute atomic E-state index is 0.156. The molecule has 18 heavy (non-hydrogen) atoms. The molecule has 0 amide bonds. The van der Waals surface area contributed by atoms with E-state index in [4.69, 9.17) is 11.5 Å². The molecular weight excluding hydrogens is 234 g/mol. The summed E-state index contributed by atoms with van der Waals surface area (Å²) in [7, 11) is 0. The first kappa shape index (κ1) is 12.8. The lowest BCUT2D eigenvalue weighted by Gasteiger charge is -2.42. The molecule has 2 rings (SSSR count). The van der Waals surface area contributed by atoms with Gasteiger partial charge in [0.2, 0.25) is 0 Å². The number of benzene rings is 1. The Bertz CT molecular complexity index is 425. The molecule has 98 valence electrons. The first-order valence-corrected chi connectivity index (χ1v) is 5.57. The first-order chi connectivity index (χ1) is 8.69. The molecule has 1 aromatic rings. The van der Waals surface area contributed by atoms with Gasteiger partial charge in [0, 0.05) is 0 Å². The maximum Gasteiger partial charge on any atom is 0.197 e. The fraction of sp³-hybridized carbons (Fsp3) is 0.364. The SMILES string of the molecule is NC1=NC(c2ccccc2)N(CO)C(N)N1CO. The zero-order chi connectivity index (χ0) is 13.1. The number of guanidine groups is 1. The molecule has 0 aliphatic carbocycles. The molecule has 7 nitrogen and oxygen atoms in total. The second-order valence-electron chi connectivity index (χ2n) is 3.95. The Kier molecular flexibility index (Phi) is 3.78. The Hall–Kier alpha value is -1.67. The van der Waals surface area contributed by atoms with Gasteiger partial charge >= 0.3 is 0 Å². The van der Waals surface area contributed by atoms with Crippen molar-refractivity contribution >= 4 is 5.96 Å². The summed E-state index contributed by atoms with van der Waals surface area (Å²) in [6, 6.07) is 9.40. The second kappa shape index (κ2) is 5.32. The van der Waals surface area contributed by atoms with Crippen LogP contribution in [-0.4, -0.2) is 45.7 Å². The van der Waals surface area contributed by atoms with Crippen molar-refractivity contribution in [2.24, 2.45) is 16.5 Å². The van der Waals surface area contributed by atoms with Crippen molar-refractivity contribution in [2.75, 3.05) is 13.5 Å². The van der Waals surface area contributed by atoms with E-state index in [1.54, 1.807) is 0 Å². The molecule has 0 spiro atoms. The van der Waals surface area contributed by atoms with Crippen molar-refractivity contribution in [1.82, 2.24) is 9.80 Å². The molecule has 0 bridgehead atoms. The normalized spacial score (nSPS) is 25.1. The van der Waals surface area contributed by atoms with Crippen LogP contribution in [0.2, 0.25) is 0 Å². The molecule has 2 unspecified atom stereocenters. The largest absolute Gasteiger partial charge is 0.381 e. The fourth-order valence-electron chi connectivity index (χ4n) is 1.94. The highest BCUT2D eigenvalue weighted by atomic mass is 16.3. The average molecular weight is 251 g/mol. The predicted octanol–water partition coefficient (Wildman–Crippen LogP) is -1.24. The summed E-state index contributed by atoms with van der Waals surface area (Å²) in [5.74, 6) is 0.156. The Morgan fingerprint density at radius 3 is 2.39 bits per heavy atom. The van der Waals surface area contributed by atoms with E-state index >= 15 is 0 Å². The summed E-state index contributed by atoms with van der Waals surface area (Å²) >= 11 is 0. The quantitative estimate of drug-likeness (QED) is 0.534. The third kappa shape index (κ3) is 2.16. The smallest absolute Gasteiger partial charge is 0.197 e. The second-order valence-corrected chi connectivity index (χ2v) is 3.95. The van der Waals surface area contributed by atoms with Crippen LogP contribution in [-0.2, 0) is 0 Å². The van der Waals surface area contributed by atoms with E-state index < -0.39 is 12.5 Å². The summed E-state index contributed by atoms with van der Waals surface area (Å²) in [5.41, 5.74) is 12.6. The number of hydrogen-bond acceptors (Lipinski definition) is 7. The van der Waals surface area contributed by atoms with Gasteiger partial charge in [-0.25, -0.2) is 9.89 Å². The van der Waals surface area contributed by atoms with Gasteiger partial charge in [0.25, 0.3) is 0 Å². The minimum Gasteiger partial charge on any atom is -0.381 e. The van der Waals surface area contributed by atoms with Crippen LogP contribution in [0.25, 0.3) is 0 Å². The van der Waals surface area contributed by atoms with E-state index in [2.05, 4.69) is 4.99 Å². The molecule has 7 heteroatoms. The summed E-state index contributed by atoms with van der Waals surface area (Å²) in [6.45, 7) is -0.636. The maximum atomic E-state index is 9.42. The Morgan fingerprint density at radius 2 is 1.83 bits per heavy atom. The zero-order valence-electron chi connectivity index (χ0n) is 9.85. The molecule has 0 radical (unpaired) electrons. The van der Waals surface area contributed by atoms with Crippen molar-refractivity contribution in [3.05, 3.63) is 35.9 Å². The number of aliphatic imine (C=N–C) groups is 1. The molecule has 0 aromatic heterocycles. The van der Waals surface area contributed by atoms with Crippen LogP contribution in [0.1, 0.15) is 11.7 Å². The Labute approximate surface area is 105 Å². The molecular formula is C11H17N5O2. The number of nitrogens with two attached hydrogens (primary N) is 2. The van der Waals surface area contributed by atoms with Crippen molar-refractivity contribution in [1.29, 1.82) is 0 Å². The van der Waals surface area contributed by atoms with Crippen molar-refractivity contribution in [3.63, 3.8) is 0 Å². The van der Waals surface area contributed by atoms with Gasteiger partial charge in [-0.1, -0.05) is 30.3 Å². The van der Waals surface area contributed by atoms with Crippen LogP contribution in [0.3, 0.4) is 0 Å². The van der Waals surface area contributed by atoms with Gasteiger partial charge in [0.15, 0.2) is 5.96 Å². The van der Waals surface area contributed by atoms with Crippen LogP contribution >= 0.6 is 0 Å². The van der Waals surface area contributed by atoms with E-state index in [0.717, 1.165) is 5.56 Å². The van der Waals surface area contributed by atoms with E-state index in [9.17, 15) is 10.2 Å². The molecule has 0 fully saturated rings. The number of nitrogens with zero attached hydrogens (tertiary/aromatic N) is 3. The lowest BCUT2D eigenvalue weighted by Crippen LogP contribution is -2.62. The molecule has 1 aliphatic heterocycles. The van der Waals surface area contributed by atoms with Crippen LogP contribution in [0.15, 0.2) is 35.3 Å². The van der Waals surface area contributed by atoms with Crippen molar-refractivity contribution in [3.8, 4) is 0 Å². The maximum absolute atomic E-state index is 9.42. The summed E-state index contributed by atoms with van der Waals surface area (Å²) < 4.78 is 0. The molecule has 2 atom stereocenters. The lowest BCUT2D eigenvalue weighted by molar-refractivity contribution is -0.0494. The van der Waals surface area contributed by atoms with Crippen LogP contribution < -0.4 is 11.5 Å². The Balaban J connectivity index is 2.37. The third-order valence-electron chi connectivity index (χ3n) is 2.94. The molecule has 0 saturated heterocycles. The van der Waals surface area contributed by atoms with Gasteiger partial charge in [0.05, 0.1) is 0 Å². The number of rotatable bonds is 3. The van der Waals surface area contributed by atoms with E-state index in [-0.39, 0.29) is 19.4 Å². The first-order valence-electron chi connectivity index (χ1n) is 5.57. The molecule has 0 saturated carbocycles. The molecule has 6 N–H and O–H groups in total. The standard InChI is InChI=1S/C11H17N5O2/c12-10-14-9(8-4-2-1-3-5-8)15(6-17)11(13)16(10)7-18/h1-5,9,11,17-18H,6-7,13H2,(H2,12,14). The highest BCUT2D eigenvalue weighted by Crippen LogP contribution is 2.26. The lowest BCUT2D eigenvalue weighted by atomic mass is 10.1. The summed E-state index contributed by atoms with van der Waals surface area (Å²) in [4.78, 5) is 7.08. The minimum atomic E-state index is -0.720. The zero-order valence-corrected chi connectivity index (χ0v) is 9.85. The van der Waals surface area contributed by atoms with Gasteiger partial charge in [-0.05, 0) is 5.56 Å². The van der Waals surface area contributed by atoms with E-state index in [1.807, 2.05) is 30.3 Å².